The van der Waals surface area contributed by atoms with Crippen LogP contribution in [-0.2, 0) is 4.79 Å². The third-order valence-electron chi connectivity index (χ3n) is 3.27. The third kappa shape index (κ3) is 4.02. The fourth-order valence-corrected chi connectivity index (χ4v) is 2.57. The minimum absolute atomic E-state index is 0.00919. The zero-order valence-electron chi connectivity index (χ0n) is 11.2. The molecule has 0 aliphatic carbocycles. The number of nitro groups is 1. The van der Waals surface area contributed by atoms with E-state index in [9.17, 15) is 14.9 Å². The molecule has 1 N–H and O–H groups in total. The van der Waals surface area contributed by atoms with Gasteiger partial charge in [-0.1, -0.05) is 11.6 Å². The number of halogens is 1. The fraction of sp³-hybridized carbons (Fsp3) is 0.500. The van der Waals surface area contributed by atoms with Crippen molar-refractivity contribution in [1.29, 1.82) is 0 Å². The Hall–Kier alpha value is -1.93. The molecule has 0 atom stereocenters. The van der Waals surface area contributed by atoms with Crippen LogP contribution in [0.1, 0.15) is 6.42 Å². The molecule has 0 radical (unpaired) electrons. The molecule has 0 spiro atoms. The number of rotatable bonds is 4. The first-order chi connectivity index (χ1) is 9.97. The maximum atomic E-state index is 10.7. The van der Waals surface area contributed by atoms with Gasteiger partial charge in [0.15, 0.2) is 0 Å². The van der Waals surface area contributed by atoms with Gasteiger partial charge in [-0.2, -0.15) is 0 Å². The molecule has 114 valence electrons. The first-order valence-corrected chi connectivity index (χ1v) is 6.84. The standard InChI is InChI=1S/C12H15ClN4O4/c13-10-6-9(17(20)21)7-14-12(10)16-3-1-2-15(4-5-16)8-11(18)19/h6-7H,1-5,8H2,(H,18,19). The highest BCUT2D eigenvalue weighted by atomic mass is 35.5. The summed E-state index contributed by atoms with van der Waals surface area (Å²) in [5.41, 5.74) is -0.147. The number of anilines is 1. The Morgan fingerprint density at radius 3 is 2.81 bits per heavy atom. The molecule has 0 amide bonds. The second kappa shape index (κ2) is 6.68. The van der Waals surface area contributed by atoms with Gasteiger partial charge in [0, 0.05) is 32.2 Å². The SMILES string of the molecule is O=C(O)CN1CCCN(c2ncc([N+](=O)[O-])cc2Cl)CC1. The van der Waals surface area contributed by atoms with E-state index in [-0.39, 0.29) is 17.3 Å². The molecule has 0 saturated carbocycles. The number of hydrogen-bond acceptors (Lipinski definition) is 6. The molecule has 0 aromatic carbocycles. The number of pyridine rings is 1. The van der Waals surface area contributed by atoms with Gasteiger partial charge in [0.05, 0.1) is 16.5 Å². The predicted molar refractivity (Wildman–Crippen MR) is 76.8 cm³/mol. The summed E-state index contributed by atoms with van der Waals surface area (Å²) in [5.74, 6) is -0.352. The lowest BCUT2D eigenvalue weighted by Crippen LogP contribution is -2.34. The normalized spacial score (nSPS) is 16.5. The molecule has 1 aromatic heterocycles. The molecule has 2 rings (SSSR count). The van der Waals surface area contributed by atoms with Crippen molar-refractivity contribution < 1.29 is 14.8 Å². The Bertz CT molecular complexity index is 554. The van der Waals surface area contributed by atoms with Crippen molar-refractivity contribution in [3.05, 3.63) is 27.4 Å². The van der Waals surface area contributed by atoms with Gasteiger partial charge < -0.3 is 10.0 Å². The van der Waals surface area contributed by atoms with E-state index in [2.05, 4.69) is 4.98 Å². The zero-order chi connectivity index (χ0) is 15.4. The van der Waals surface area contributed by atoms with Crippen molar-refractivity contribution >= 4 is 29.1 Å². The summed E-state index contributed by atoms with van der Waals surface area (Å²) in [7, 11) is 0. The lowest BCUT2D eigenvalue weighted by Gasteiger charge is -2.22. The number of aromatic nitrogens is 1. The smallest absolute Gasteiger partial charge is 0.317 e. The molecular formula is C12H15ClN4O4. The van der Waals surface area contributed by atoms with Gasteiger partial charge in [0.2, 0.25) is 0 Å². The summed E-state index contributed by atoms with van der Waals surface area (Å²) >= 11 is 6.06. The molecule has 8 nitrogen and oxygen atoms in total. The van der Waals surface area contributed by atoms with Crippen LogP contribution in [0.2, 0.25) is 5.02 Å². The summed E-state index contributed by atoms with van der Waals surface area (Å²) < 4.78 is 0. The van der Waals surface area contributed by atoms with E-state index in [0.717, 1.165) is 6.42 Å². The Kier molecular flexibility index (Phi) is 4.92. The monoisotopic (exact) mass is 314 g/mol. The Balaban J connectivity index is 2.08. The lowest BCUT2D eigenvalue weighted by atomic mass is 10.3. The van der Waals surface area contributed by atoms with Crippen molar-refractivity contribution in [3.63, 3.8) is 0 Å². The summed E-state index contributed by atoms with van der Waals surface area (Å²) in [6.45, 7) is 2.54. The van der Waals surface area contributed by atoms with Gasteiger partial charge in [-0.25, -0.2) is 4.98 Å². The van der Waals surface area contributed by atoms with Crippen LogP contribution in [0.25, 0.3) is 0 Å². The predicted octanol–water partition coefficient (Wildman–Crippen LogP) is 1.24. The molecular weight excluding hydrogens is 300 g/mol. The Morgan fingerprint density at radius 1 is 1.43 bits per heavy atom. The number of carbonyl (C=O) groups is 1. The van der Waals surface area contributed by atoms with Gasteiger partial charge in [0.25, 0.3) is 5.69 Å². The van der Waals surface area contributed by atoms with E-state index in [0.29, 0.717) is 32.0 Å². The van der Waals surface area contributed by atoms with Crippen LogP contribution in [0.5, 0.6) is 0 Å². The third-order valence-corrected chi connectivity index (χ3v) is 3.54. The lowest BCUT2D eigenvalue weighted by molar-refractivity contribution is -0.385. The maximum Gasteiger partial charge on any atom is 0.317 e. The highest BCUT2D eigenvalue weighted by Crippen LogP contribution is 2.27. The van der Waals surface area contributed by atoms with Gasteiger partial charge in [-0.15, -0.1) is 0 Å². The fourth-order valence-electron chi connectivity index (χ4n) is 2.29. The van der Waals surface area contributed by atoms with Crippen LogP contribution in [-0.4, -0.2) is 58.6 Å². The molecule has 1 saturated heterocycles. The van der Waals surface area contributed by atoms with E-state index in [4.69, 9.17) is 16.7 Å². The highest BCUT2D eigenvalue weighted by Gasteiger charge is 2.20. The molecule has 9 heteroatoms. The molecule has 0 unspecified atom stereocenters. The summed E-state index contributed by atoms with van der Waals surface area (Å²) in [5, 5.41) is 19.7. The first-order valence-electron chi connectivity index (χ1n) is 6.46. The van der Waals surface area contributed by atoms with Crippen molar-refractivity contribution in [3.8, 4) is 0 Å². The number of nitrogens with zero attached hydrogens (tertiary/aromatic N) is 4. The van der Waals surface area contributed by atoms with Gasteiger partial charge >= 0.3 is 5.97 Å². The molecule has 1 aromatic rings. The van der Waals surface area contributed by atoms with E-state index >= 15 is 0 Å². The summed E-state index contributed by atoms with van der Waals surface area (Å²) in [6.07, 6.45) is 1.96. The van der Waals surface area contributed by atoms with E-state index in [1.807, 2.05) is 9.80 Å². The summed E-state index contributed by atoms with van der Waals surface area (Å²) in [6, 6.07) is 1.28. The number of aliphatic carboxylic acids is 1. The molecule has 2 heterocycles. The second-order valence-electron chi connectivity index (χ2n) is 4.77. The largest absolute Gasteiger partial charge is 0.480 e. The van der Waals surface area contributed by atoms with Crippen LogP contribution in [0, 0.1) is 10.1 Å². The van der Waals surface area contributed by atoms with Crippen LogP contribution in [0.4, 0.5) is 11.5 Å². The second-order valence-corrected chi connectivity index (χ2v) is 5.17. The summed E-state index contributed by atoms with van der Waals surface area (Å²) in [4.78, 5) is 28.7. The van der Waals surface area contributed by atoms with E-state index in [1.165, 1.54) is 12.3 Å². The van der Waals surface area contributed by atoms with Crippen LogP contribution in [0.3, 0.4) is 0 Å². The maximum absolute atomic E-state index is 10.7. The minimum Gasteiger partial charge on any atom is -0.480 e. The Morgan fingerprint density at radius 2 is 2.19 bits per heavy atom. The van der Waals surface area contributed by atoms with Crippen LogP contribution < -0.4 is 4.90 Å². The first kappa shape index (κ1) is 15.5. The topological polar surface area (TPSA) is 99.8 Å². The van der Waals surface area contributed by atoms with Crippen LogP contribution >= 0.6 is 11.6 Å². The zero-order valence-corrected chi connectivity index (χ0v) is 12.0. The van der Waals surface area contributed by atoms with Crippen molar-refractivity contribution in [1.82, 2.24) is 9.88 Å². The van der Waals surface area contributed by atoms with E-state index in [1.54, 1.807) is 0 Å². The van der Waals surface area contributed by atoms with Gasteiger partial charge in [0.1, 0.15) is 12.0 Å². The minimum atomic E-state index is -0.852. The Labute approximate surface area is 126 Å². The van der Waals surface area contributed by atoms with Crippen LogP contribution in [0.15, 0.2) is 12.3 Å². The number of hydrogen-bond donors (Lipinski definition) is 1. The van der Waals surface area contributed by atoms with Crippen molar-refractivity contribution in [2.24, 2.45) is 0 Å². The average molecular weight is 315 g/mol. The van der Waals surface area contributed by atoms with Gasteiger partial charge in [-0.3, -0.25) is 19.8 Å². The van der Waals surface area contributed by atoms with Gasteiger partial charge in [-0.05, 0) is 6.42 Å². The average Bonchev–Trinajstić information content (AvgIpc) is 2.63. The number of carboxylic acids is 1. The molecule has 1 aliphatic rings. The molecule has 0 bridgehead atoms. The quantitative estimate of drug-likeness (QED) is 0.659. The number of carboxylic acid groups (broad SMARTS) is 1. The molecule has 21 heavy (non-hydrogen) atoms. The van der Waals surface area contributed by atoms with E-state index < -0.39 is 10.9 Å². The van der Waals surface area contributed by atoms with Crippen molar-refractivity contribution in [2.75, 3.05) is 37.6 Å². The molecule has 1 fully saturated rings. The van der Waals surface area contributed by atoms with Crippen molar-refractivity contribution in [2.45, 2.75) is 6.42 Å². The highest BCUT2D eigenvalue weighted by molar-refractivity contribution is 6.33. The molecule has 1 aliphatic heterocycles.